The molecule has 0 aliphatic rings. The molecule has 0 saturated heterocycles. The molecule has 0 aliphatic carbocycles. The van der Waals surface area contributed by atoms with Crippen molar-refractivity contribution in [2.75, 3.05) is 6.54 Å². The first-order chi connectivity index (χ1) is 11.2. The Bertz CT molecular complexity index is 622. The first kappa shape index (κ1) is 20.4. The zero-order valence-electron chi connectivity index (χ0n) is 15.3. The summed E-state index contributed by atoms with van der Waals surface area (Å²) >= 11 is 0. The van der Waals surface area contributed by atoms with Gasteiger partial charge in [-0.3, -0.25) is 0 Å². The number of hydrogen-bond acceptors (Lipinski definition) is 3. The molecular weight excluding hydrogens is 324 g/mol. The lowest BCUT2D eigenvalue weighted by atomic mass is 10.1. The van der Waals surface area contributed by atoms with Crippen molar-refractivity contribution in [3.8, 4) is 0 Å². The Labute approximate surface area is 146 Å². The van der Waals surface area contributed by atoms with Crippen molar-refractivity contribution < 1.29 is 8.42 Å². The molecule has 0 aliphatic heterocycles. The Kier molecular flexibility index (Phi) is 8.21. The highest BCUT2D eigenvalue weighted by molar-refractivity contribution is 7.88. The molecule has 1 rings (SSSR count). The summed E-state index contributed by atoms with van der Waals surface area (Å²) in [4.78, 5) is 4.53. The molecule has 0 fully saturated rings. The largest absolute Gasteiger partial charge is 0.357 e. The lowest BCUT2D eigenvalue weighted by molar-refractivity contribution is 0.569. The summed E-state index contributed by atoms with van der Waals surface area (Å²) in [5.41, 5.74) is 1.80. The summed E-state index contributed by atoms with van der Waals surface area (Å²) < 4.78 is 26.5. The van der Waals surface area contributed by atoms with E-state index in [0.29, 0.717) is 12.6 Å². The predicted molar refractivity (Wildman–Crippen MR) is 100 cm³/mol. The topological polar surface area (TPSA) is 82.6 Å². The summed E-state index contributed by atoms with van der Waals surface area (Å²) in [6.07, 6.45) is 0. The van der Waals surface area contributed by atoms with E-state index in [1.165, 1.54) is 0 Å². The summed E-state index contributed by atoms with van der Waals surface area (Å²) in [6, 6.07) is 7.73. The van der Waals surface area contributed by atoms with Crippen molar-refractivity contribution in [1.82, 2.24) is 15.4 Å². The molecule has 3 N–H and O–H groups in total. The fourth-order valence-corrected chi connectivity index (χ4v) is 3.56. The second kappa shape index (κ2) is 9.64. The molecule has 0 saturated carbocycles. The van der Waals surface area contributed by atoms with Gasteiger partial charge in [0.2, 0.25) is 10.0 Å². The van der Waals surface area contributed by atoms with Crippen molar-refractivity contribution in [2.24, 2.45) is 4.99 Å². The van der Waals surface area contributed by atoms with Crippen LogP contribution in [0.15, 0.2) is 29.3 Å². The Morgan fingerprint density at radius 1 is 1.04 bits per heavy atom. The number of aliphatic imine (C=N–C) groups is 1. The van der Waals surface area contributed by atoms with Crippen LogP contribution in [-0.2, 0) is 22.3 Å². The minimum absolute atomic E-state index is 0.00767. The molecule has 0 atom stereocenters. The van der Waals surface area contributed by atoms with E-state index < -0.39 is 10.0 Å². The maximum atomic E-state index is 11.9. The van der Waals surface area contributed by atoms with Crippen LogP contribution in [0.3, 0.4) is 0 Å². The van der Waals surface area contributed by atoms with E-state index >= 15 is 0 Å². The van der Waals surface area contributed by atoms with E-state index in [0.717, 1.165) is 23.6 Å². The maximum absolute atomic E-state index is 11.9. The highest BCUT2D eigenvalue weighted by atomic mass is 32.2. The van der Waals surface area contributed by atoms with Gasteiger partial charge in [-0.1, -0.05) is 24.3 Å². The normalized spacial score (nSPS) is 12.7. The van der Waals surface area contributed by atoms with Crippen LogP contribution in [0, 0.1) is 0 Å². The summed E-state index contributed by atoms with van der Waals surface area (Å²) in [5, 5.41) is 6.46. The molecular formula is C17H30N4O2S. The summed E-state index contributed by atoms with van der Waals surface area (Å²) in [6.45, 7) is 11.1. The van der Waals surface area contributed by atoms with Gasteiger partial charge in [-0.15, -0.1) is 0 Å². The van der Waals surface area contributed by atoms with Gasteiger partial charge in [0, 0.05) is 18.6 Å². The van der Waals surface area contributed by atoms with Gasteiger partial charge in [-0.2, -0.15) is 0 Å². The Morgan fingerprint density at radius 2 is 1.62 bits per heavy atom. The first-order valence-electron chi connectivity index (χ1n) is 8.34. The molecule has 24 heavy (non-hydrogen) atoms. The van der Waals surface area contributed by atoms with Crippen LogP contribution in [-0.4, -0.2) is 33.0 Å². The molecule has 0 aromatic heterocycles. The van der Waals surface area contributed by atoms with E-state index in [1.807, 2.05) is 45.0 Å². The Balaban J connectivity index is 2.70. The number of nitrogens with zero attached hydrogens (tertiary/aromatic N) is 1. The maximum Gasteiger partial charge on any atom is 0.216 e. The summed E-state index contributed by atoms with van der Waals surface area (Å²) in [5.74, 6) is 0.770. The lowest BCUT2D eigenvalue weighted by Gasteiger charge is -2.14. The van der Waals surface area contributed by atoms with Gasteiger partial charge in [0.05, 0.1) is 12.3 Å². The fourth-order valence-electron chi connectivity index (χ4n) is 2.12. The Morgan fingerprint density at radius 3 is 2.12 bits per heavy atom. The number of hydrogen-bond donors (Lipinski definition) is 3. The standard InChI is InChI=1S/C17H30N4O2S/c1-6-18-17(20-13(2)3)19-11-15-7-9-16(10-8-15)12-24(22,23)21-14(4)5/h7-10,13-14,21H,6,11-12H2,1-5H3,(H2,18,19,20). The van der Waals surface area contributed by atoms with Gasteiger partial charge in [-0.25, -0.2) is 18.1 Å². The molecule has 0 amide bonds. The van der Waals surface area contributed by atoms with Crippen LogP contribution < -0.4 is 15.4 Å². The molecule has 1 aromatic rings. The number of sulfonamides is 1. The number of nitrogens with one attached hydrogen (secondary N) is 3. The SMILES string of the molecule is CCNC(=NCc1ccc(CS(=O)(=O)NC(C)C)cc1)NC(C)C. The minimum Gasteiger partial charge on any atom is -0.357 e. The van der Waals surface area contributed by atoms with Crippen molar-refractivity contribution in [2.45, 2.75) is 59.0 Å². The quantitative estimate of drug-likeness (QED) is 0.492. The third kappa shape index (κ3) is 8.31. The van der Waals surface area contributed by atoms with Crippen LogP contribution in [0.5, 0.6) is 0 Å². The summed E-state index contributed by atoms with van der Waals surface area (Å²) in [7, 11) is -3.29. The smallest absolute Gasteiger partial charge is 0.216 e. The van der Waals surface area contributed by atoms with E-state index in [2.05, 4.69) is 34.2 Å². The zero-order valence-corrected chi connectivity index (χ0v) is 16.1. The first-order valence-corrected chi connectivity index (χ1v) is 9.99. The average molecular weight is 355 g/mol. The van der Waals surface area contributed by atoms with E-state index in [4.69, 9.17) is 0 Å². The van der Waals surface area contributed by atoms with E-state index in [-0.39, 0.29) is 11.8 Å². The highest BCUT2D eigenvalue weighted by Gasteiger charge is 2.12. The van der Waals surface area contributed by atoms with Crippen molar-refractivity contribution in [1.29, 1.82) is 0 Å². The van der Waals surface area contributed by atoms with Crippen LogP contribution in [0.4, 0.5) is 0 Å². The Hall–Kier alpha value is -1.60. The predicted octanol–water partition coefficient (Wildman–Crippen LogP) is 1.98. The third-order valence-electron chi connectivity index (χ3n) is 2.98. The second-order valence-electron chi connectivity index (χ2n) is 6.34. The monoisotopic (exact) mass is 354 g/mol. The van der Waals surface area contributed by atoms with Gasteiger partial charge in [0.15, 0.2) is 5.96 Å². The van der Waals surface area contributed by atoms with Crippen molar-refractivity contribution >= 4 is 16.0 Å². The van der Waals surface area contributed by atoms with Crippen LogP contribution in [0.1, 0.15) is 45.7 Å². The molecule has 0 radical (unpaired) electrons. The molecule has 7 heteroatoms. The third-order valence-corrected chi connectivity index (χ3v) is 4.53. The van der Waals surface area contributed by atoms with Gasteiger partial charge in [0.25, 0.3) is 0 Å². The molecule has 0 spiro atoms. The number of rotatable bonds is 8. The minimum atomic E-state index is -3.29. The molecule has 136 valence electrons. The molecule has 6 nitrogen and oxygen atoms in total. The van der Waals surface area contributed by atoms with Crippen LogP contribution >= 0.6 is 0 Å². The lowest BCUT2D eigenvalue weighted by Crippen LogP contribution is -2.40. The van der Waals surface area contributed by atoms with Crippen molar-refractivity contribution in [3.05, 3.63) is 35.4 Å². The molecule has 0 unspecified atom stereocenters. The van der Waals surface area contributed by atoms with Crippen molar-refractivity contribution in [3.63, 3.8) is 0 Å². The molecule has 1 aromatic carbocycles. The van der Waals surface area contributed by atoms with Crippen LogP contribution in [0.2, 0.25) is 0 Å². The van der Waals surface area contributed by atoms with Gasteiger partial charge in [0.1, 0.15) is 0 Å². The number of benzene rings is 1. The zero-order chi connectivity index (χ0) is 18.2. The average Bonchev–Trinajstić information content (AvgIpc) is 2.44. The van der Waals surface area contributed by atoms with E-state index in [1.54, 1.807) is 0 Å². The molecule has 0 heterocycles. The van der Waals surface area contributed by atoms with Gasteiger partial charge >= 0.3 is 0 Å². The van der Waals surface area contributed by atoms with Crippen LogP contribution in [0.25, 0.3) is 0 Å². The highest BCUT2D eigenvalue weighted by Crippen LogP contribution is 2.09. The molecule has 0 bridgehead atoms. The second-order valence-corrected chi connectivity index (χ2v) is 8.10. The fraction of sp³-hybridized carbons (Fsp3) is 0.588. The van der Waals surface area contributed by atoms with Gasteiger partial charge in [-0.05, 0) is 45.7 Å². The van der Waals surface area contributed by atoms with Gasteiger partial charge < -0.3 is 10.6 Å². The van der Waals surface area contributed by atoms with E-state index in [9.17, 15) is 8.42 Å². The number of guanidine groups is 1.